The lowest BCUT2D eigenvalue weighted by Crippen LogP contribution is -2.00. The molecule has 0 radical (unpaired) electrons. The summed E-state index contributed by atoms with van der Waals surface area (Å²) in [6, 6.07) is 13.7. The first-order valence-electron chi connectivity index (χ1n) is 4.96. The molecule has 2 aromatic carbocycles. The maximum Gasteiger partial charge on any atom is 0.105 e. The summed E-state index contributed by atoms with van der Waals surface area (Å²) in [7, 11) is 0. The fraction of sp³-hybridized carbons (Fsp3) is 0.0769. The lowest BCUT2D eigenvalue weighted by Gasteiger charge is -2.13. The van der Waals surface area contributed by atoms with Crippen LogP contribution in [-0.4, -0.2) is 5.11 Å². The molecule has 0 aliphatic heterocycles. The third kappa shape index (κ3) is 3.30. The number of hydrogen-bond acceptors (Lipinski definition) is 1. The first-order valence-corrected chi connectivity index (χ1v) is 7.63. The van der Waals surface area contributed by atoms with Crippen LogP contribution in [0.15, 0.2) is 51.4 Å². The smallest absolute Gasteiger partial charge is 0.105 e. The number of benzene rings is 2. The third-order valence-corrected chi connectivity index (χ3v) is 4.37. The minimum absolute atomic E-state index is 0.612. The number of halogens is 3. The third-order valence-electron chi connectivity index (χ3n) is 2.44. The zero-order valence-electron chi connectivity index (χ0n) is 8.70. The van der Waals surface area contributed by atoms with Gasteiger partial charge in [0.05, 0.1) is 0 Å². The molecule has 0 amide bonds. The second-order valence-electron chi connectivity index (χ2n) is 3.62. The highest BCUT2D eigenvalue weighted by atomic mass is 127. The van der Waals surface area contributed by atoms with Gasteiger partial charge in [0.25, 0.3) is 0 Å². The summed E-state index contributed by atoms with van der Waals surface area (Å²) in [6.45, 7) is 0. The van der Waals surface area contributed by atoms with Crippen LogP contribution in [0, 0.1) is 3.57 Å². The lowest BCUT2D eigenvalue weighted by molar-refractivity contribution is 0.219. The van der Waals surface area contributed by atoms with E-state index in [-0.39, 0.29) is 0 Å². The second-order valence-corrected chi connectivity index (χ2v) is 6.64. The van der Waals surface area contributed by atoms with Crippen molar-refractivity contribution in [2.24, 2.45) is 0 Å². The van der Waals surface area contributed by atoms with Crippen molar-refractivity contribution in [3.8, 4) is 0 Å². The fourth-order valence-electron chi connectivity index (χ4n) is 1.55. The van der Waals surface area contributed by atoms with Crippen LogP contribution in [0.4, 0.5) is 0 Å². The van der Waals surface area contributed by atoms with Gasteiger partial charge in [-0.15, -0.1) is 0 Å². The van der Waals surface area contributed by atoms with Gasteiger partial charge >= 0.3 is 0 Å². The van der Waals surface area contributed by atoms with Crippen LogP contribution in [0.2, 0.25) is 0 Å². The maximum absolute atomic E-state index is 10.3. The van der Waals surface area contributed by atoms with Crippen molar-refractivity contribution in [1.82, 2.24) is 0 Å². The average Bonchev–Trinajstić information content (AvgIpc) is 2.32. The molecule has 17 heavy (non-hydrogen) atoms. The Morgan fingerprint density at radius 1 is 1.00 bits per heavy atom. The van der Waals surface area contributed by atoms with Crippen LogP contribution in [0.5, 0.6) is 0 Å². The van der Waals surface area contributed by atoms with E-state index in [4.69, 9.17) is 0 Å². The molecule has 2 rings (SSSR count). The summed E-state index contributed by atoms with van der Waals surface area (Å²) in [5.41, 5.74) is 1.75. The summed E-state index contributed by atoms with van der Waals surface area (Å²) < 4.78 is 3.03. The van der Waals surface area contributed by atoms with Gasteiger partial charge in [-0.1, -0.05) is 44.0 Å². The molecule has 0 fully saturated rings. The summed E-state index contributed by atoms with van der Waals surface area (Å²) in [6.07, 6.45) is -0.612. The highest BCUT2D eigenvalue weighted by molar-refractivity contribution is 14.1. The Morgan fingerprint density at radius 3 is 2.29 bits per heavy atom. The molecule has 0 aromatic heterocycles. The molecule has 1 unspecified atom stereocenters. The van der Waals surface area contributed by atoms with E-state index in [0.717, 1.165) is 23.6 Å². The summed E-state index contributed by atoms with van der Waals surface area (Å²) in [5.74, 6) is 0. The molecular formula is C13H9Br2IO. The van der Waals surface area contributed by atoms with Gasteiger partial charge in [0.15, 0.2) is 0 Å². The maximum atomic E-state index is 10.3. The molecule has 0 heterocycles. The predicted molar refractivity (Wildman–Crippen MR) is 85.1 cm³/mol. The largest absolute Gasteiger partial charge is 0.384 e. The topological polar surface area (TPSA) is 20.2 Å². The molecule has 0 aliphatic carbocycles. The van der Waals surface area contributed by atoms with Crippen molar-refractivity contribution in [3.63, 3.8) is 0 Å². The Bertz CT molecular complexity index is 525. The van der Waals surface area contributed by atoms with E-state index >= 15 is 0 Å². The number of aliphatic hydroxyl groups is 1. The normalized spacial score (nSPS) is 12.5. The molecule has 0 saturated carbocycles. The summed E-state index contributed by atoms with van der Waals surface area (Å²) in [4.78, 5) is 0. The Balaban J connectivity index is 2.39. The molecule has 1 N–H and O–H groups in total. The van der Waals surface area contributed by atoms with E-state index in [1.54, 1.807) is 0 Å². The highest BCUT2D eigenvalue weighted by Crippen LogP contribution is 2.31. The van der Waals surface area contributed by atoms with Gasteiger partial charge in [-0.2, -0.15) is 0 Å². The standard InChI is InChI=1S/C13H9Br2IO/c14-9-3-6-12(15)11(7-9)13(17)8-1-4-10(16)5-2-8/h1-7,13,17H. The van der Waals surface area contributed by atoms with Gasteiger partial charge in [0.1, 0.15) is 6.10 Å². The van der Waals surface area contributed by atoms with Crippen LogP contribution in [-0.2, 0) is 0 Å². The first-order chi connectivity index (χ1) is 8.08. The molecule has 1 nitrogen and oxygen atoms in total. The molecule has 1 atom stereocenters. The first kappa shape index (κ1) is 13.5. The van der Waals surface area contributed by atoms with Crippen molar-refractivity contribution in [2.75, 3.05) is 0 Å². The Hall–Kier alpha value is 0.0900. The van der Waals surface area contributed by atoms with Crippen molar-refractivity contribution in [3.05, 3.63) is 66.1 Å². The minimum atomic E-state index is -0.612. The minimum Gasteiger partial charge on any atom is -0.384 e. The average molecular weight is 468 g/mol. The fourth-order valence-corrected chi connectivity index (χ4v) is 2.75. The van der Waals surface area contributed by atoms with E-state index in [9.17, 15) is 5.11 Å². The molecule has 4 heteroatoms. The quantitative estimate of drug-likeness (QED) is 0.623. The van der Waals surface area contributed by atoms with E-state index in [1.165, 1.54) is 0 Å². The van der Waals surface area contributed by atoms with Crippen LogP contribution < -0.4 is 0 Å². The van der Waals surface area contributed by atoms with Crippen molar-refractivity contribution in [1.29, 1.82) is 0 Å². The van der Waals surface area contributed by atoms with E-state index in [2.05, 4.69) is 54.5 Å². The van der Waals surface area contributed by atoms with Gasteiger partial charge < -0.3 is 5.11 Å². The van der Waals surface area contributed by atoms with Crippen LogP contribution in [0.1, 0.15) is 17.2 Å². The van der Waals surface area contributed by atoms with E-state index in [1.807, 2.05) is 42.5 Å². The van der Waals surface area contributed by atoms with Crippen molar-refractivity contribution >= 4 is 54.5 Å². The lowest BCUT2D eigenvalue weighted by atomic mass is 10.0. The molecule has 88 valence electrons. The SMILES string of the molecule is OC(c1ccc(I)cc1)c1cc(Br)ccc1Br. The second kappa shape index (κ2) is 5.82. The predicted octanol–water partition coefficient (Wildman–Crippen LogP) is 4.90. The Labute approximate surface area is 131 Å². The molecule has 0 aliphatic rings. The molecule has 0 bridgehead atoms. The summed E-state index contributed by atoms with van der Waals surface area (Å²) >= 11 is 9.12. The van der Waals surface area contributed by atoms with Gasteiger partial charge in [-0.25, -0.2) is 0 Å². The zero-order chi connectivity index (χ0) is 12.4. The van der Waals surface area contributed by atoms with E-state index < -0.39 is 6.10 Å². The number of rotatable bonds is 2. The van der Waals surface area contributed by atoms with Crippen LogP contribution in [0.25, 0.3) is 0 Å². The molecule has 0 saturated heterocycles. The zero-order valence-corrected chi connectivity index (χ0v) is 14.0. The van der Waals surface area contributed by atoms with Gasteiger partial charge in [-0.3, -0.25) is 0 Å². The van der Waals surface area contributed by atoms with E-state index in [0.29, 0.717) is 0 Å². The monoisotopic (exact) mass is 466 g/mol. The summed E-state index contributed by atoms with van der Waals surface area (Å²) in [5, 5.41) is 10.3. The van der Waals surface area contributed by atoms with Gasteiger partial charge in [0.2, 0.25) is 0 Å². The number of aliphatic hydroxyl groups excluding tert-OH is 1. The number of hydrogen-bond donors (Lipinski definition) is 1. The van der Waals surface area contributed by atoms with Crippen LogP contribution in [0.3, 0.4) is 0 Å². The van der Waals surface area contributed by atoms with Crippen molar-refractivity contribution in [2.45, 2.75) is 6.10 Å². The molecular weight excluding hydrogens is 459 g/mol. The van der Waals surface area contributed by atoms with Crippen LogP contribution >= 0.6 is 54.5 Å². The molecule has 2 aromatic rings. The highest BCUT2D eigenvalue weighted by Gasteiger charge is 2.13. The van der Waals surface area contributed by atoms with Crippen molar-refractivity contribution < 1.29 is 5.11 Å². The Kier molecular flexibility index (Phi) is 4.63. The van der Waals surface area contributed by atoms with Gasteiger partial charge in [0, 0.05) is 18.1 Å². The molecule has 0 spiro atoms. The Morgan fingerprint density at radius 2 is 1.65 bits per heavy atom. The van der Waals surface area contributed by atoms with Gasteiger partial charge in [-0.05, 0) is 58.5 Å².